The summed E-state index contributed by atoms with van der Waals surface area (Å²) in [6, 6.07) is 2.09. The number of hydrogen-bond donors (Lipinski definition) is 1. The average molecular weight is 232 g/mol. The molecular weight excluding hydrogens is 216 g/mol. The first-order valence-corrected chi connectivity index (χ1v) is 5.42. The lowest BCUT2D eigenvalue weighted by Crippen LogP contribution is -2.10. The van der Waals surface area contributed by atoms with Gasteiger partial charge in [-0.25, -0.2) is 4.98 Å². The van der Waals surface area contributed by atoms with Crippen LogP contribution < -0.4 is 10.5 Å². The van der Waals surface area contributed by atoms with E-state index in [-0.39, 0.29) is 6.04 Å². The van der Waals surface area contributed by atoms with E-state index in [1.807, 2.05) is 19.9 Å². The van der Waals surface area contributed by atoms with Crippen LogP contribution in [-0.2, 0) is 0 Å². The first-order valence-electron chi connectivity index (χ1n) is 5.42. The zero-order chi connectivity index (χ0) is 12.4. The minimum atomic E-state index is 0.0367. The van der Waals surface area contributed by atoms with Crippen LogP contribution in [0, 0.1) is 6.92 Å². The maximum atomic E-state index is 5.66. The van der Waals surface area contributed by atoms with Gasteiger partial charge >= 0.3 is 0 Å². The topological polar surface area (TPSA) is 66.0 Å². The Morgan fingerprint density at radius 3 is 2.76 bits per heavy atom. The van der Waals surface area contributed by atoms with Crippen molar-refractivity contribution in [2.75, 3.05) is 12.8 Å². The van der Waals surface area contributed by atoms with Crippen LogP contribution in [-0.4, -0.2) is 21.9 Å². The predicted octanol–water partition coefficient (Wildman–Crippen LogP) is 1.79. The smallest absolute Gasteiger partial charge is 0.218 e. The number of methoxy groups -OCH3 is 1. The predicted molar refractivity (Wildman–Crippen MR) is 66.0 cm³/mol. The molecule has 2 aromatic heterocycles. The zero-order valence-corrected chi connectivity index (χ0v) is 10.2. The molecule has 1 unspecified atom stereocenters. The molecule has 0 fully saturated rings. The van der Waals surface area contributed by atoms with E-state index in [0.717, 1.165) is 11.1 Å². The molecule has 90 valence electrons. The fourth-order valence-electron chi connectivity index (χ4n) is 1.76. The summed E-state index contributed by atoms with van der Waals surface area (Å²) in [5.74, 6) is 0.622. The van der Waals surface area contributed by atoms with Crippen molar-refractivity contribution in [3.05, 3.63) is 35.8 Å². The number of anilines is 1. The van der Waals surface area contributed by atoms with E-state index < -0.39 is 0 Å². The second kappa shape index (κ2) is 4.45. The van der Waals surface area contributed by atoms with Crippen LogP contribution in [0.4, 0.5) is 5.69 Å². The van der Waals surface area contributed by atoms with E-state index in [9.17, 15) is 0 Å². The van der Waals surface area contributed by atoms with Gasteiger partial charge in [-0.1, -0.05) is 0 Å². The van der Waals surface area contributed by atoms with Crippen molar-refractivity contribution in [1.29, 1.82) is 0 Å². The number of ether oxygens (including phenoxy) is 1. The summed E-state index contributed by atoms with van der Waals surface area (Å²) in [5.41, 5.74) is 8.40. The summed E-state index contributed by atoms with van der Waals surface area (Å²) in [6.07, 6.45) is 5.21. The van der Waals surface area contributed by atoms with Crippen LogP contribution in [0.5, 0.6) is 5.88 Å². The number of nitrogen functional groups attached to an aromatic ring is 1. The number of aromatic nitrogens is 3. The van der Waals surface area contributed by atoms with Gasteiger partial charge in [0.15, 0.2) is 0 Å². The van der Waals surface area contributed by atoms with Gasteiger partial charge in [-0.15, -0.1) is 0 Å². The second-order valence-corrected chi connectivity index (χ2v) is 4.04. The third kappa shape index (κ3) is 2.22. The van der Waals surface area contributed by atoms with Crippen molar-refractivity contribution < 1.29 is 4.74 Å². The molecule has 0 aliphatic rings. The highest BCUT2D eigenvalue weighted by atomic mass is 16.5. The Hall–Kier alpha value is -2.04. The van der Waals surface area contributed by atoms with Crippen LogP contribution in [0.25, 0.3) is 0 Å². The third-order valence-electron chi connectivity index (χ3n) is 2.68. The maximum Gasteiger partial charge on any atom is 0.218 e. The van der Waals surface area contributed by atoms with Crippen LogP contribution in [0.1, 0.15) is 24.1 Å². The molecule has 0 saturated carbocycles. The third-order valence-corrected chi connectivity index (χ3v) is 2.68. The minimum Gasteiger partial charge on any atom is -0.481 e. The fourth-order valence-corrected chi connectivity index (χ4v) is 1.76. The first kappa shape index (κ1) is 11.4. The molecule has 0 aromatic carbocycles. The zero-order valence-electron chi connectivity index (χ0n) is 10.2. The Balaban J connectivity index is 2.42. The van der Waals surface area contributed by atoms with Crippen molar-refractivity contribution in [2.45, 2.75) is 19.9 Å². The normalized spacial score (nSPS) is 12.4. The second-order valence-electron chi connectivity index (χ2n) is 4.04. The summed E-state index contributed by atoms with van der Waals surface area (Å²) >= 11 is 0. The highest BCUT2D eigenvalue weighted by Crippen LogP contribution is 2.26. The van der Waals surface area contributed by atoms with Gasteiger partial charge in [0.05, 0.1) is 25.0 Å². The fraction of sp³-hybridized carbons (Fsp3) is 0.333. The molecule has 0 radical (unpaired) electrons. The van der Waals surface area contributed by atoms with Crippen molar-refractivity contribution >= 4 is 5.69 Å². The van der Waals surface area contributed by atoms with Gasteiger partial charge in [-0.3, -0.25) is 4.68 Å². The van der Waals surface area contributed by atoms with E-state index in [1.54, 1.807) is 30.4 Å². The van der Waals surface area contributed by atoms with Gasteiger partial charge in [-0.2, -0.15) is 5.10 Å². The number of nitrogens with zero attached hydrogens (tertiary/aromatic N) is 3. The number of hydrogen-bond acceptors (Lipinski definition) is 4. The lowest BCUT2D eigenvalue weighted by atomic mass is 10.1. The van der Waals surface area contributed by atoms with Gasteiger partial charge in [0, 0.05) is 18.0 Å². The van der Waals surface area contributed by atoms with Crippen LogP contribution >= 0.6 is 0 Å². The SMILES string of the molecule is COc1ncc(C)cc1C(C)n1cc(N)cn1. The first-order chi connectivity index (χ1) is 8.11. The molecule has 0 bridgehead atoms. The maximum absolute atomic E-state index is 5.66. The number of aryl methyl sites for hydroxylation is 1. The number of pyridine rings is 1. The van der Waals surface area contributed by atoms with Crippen LogP contribution in [0.2, 0.25) is 0 Å². The molecule has 0 amide bonds. The molecule has 2 aromatic rings. The summed E-state index contributed by atoms with van der Waals surface area (Å²) in [6.45, 7) is 4.03. The lowest BCUT2D eigenvalue weighted by Gasteiger charge is -2.15. The summed E-state index contributed by atoms with van der Waals surface area (Å²) in [7, 11) is 1.62. The molecule has 17 heavy (non-hydrogen) atoms. The molecule has 0 aliphatic heterocycles. The Morgan fingerprint density at radius 1 is 1.41 bits per heavy atom. The van der Waals surface area contributed by atoms with Gasteiger partial charge in [-0.05, 0) is 25.5 Å². The molecule has 2 heterocycles. The summed E-state index contributed by atoms with van der Waals surface area (Å²) in [4.78, 5) is 4.26. The van der Waals surface area contributed by atoms with Crippen LogP contribution in [0.15, 0.2) is 24.7 Å². The monoisotopic (exact) mass is 232 g/mol. The van der Waals surface area contributed by atoms with Crippen molar-refractivity contribution in [3.63, 3.8) is 0 Å². The standard InChI is InChI=1S/C12H16N4O/c1-8-4-11(12(17-3)14-5-8)9(2)16-7-10(13)6-15-16/h4-7,9H,13H2,1-3H3. The van der Waals surface area contributed by atoms with Gasteiger partial charge < -0.3 is 10.5 Å². The molecule has 0 spiro atoms. The molecule has 1 atom stereocenters. The Labute approximate surface area is 100 Å². The molecular formula is C12H16N4O. The molecule has 2 N–H and O–H groups in total. The average Bonchev–Trinajstić information content (AvgIpc) is 2.75. The Bertz CT molecular complexity index is 521. The highest BCUT2D eigenvalue weighted by molar-refractivity contribution is 5.35. The van der Waals surface area contributed by atoms with Crippen molar-refractivity contribution in [1.82, 2.24) is 14.8 Å². The van der Waals surface area contributed by atoms with E-state index in [1.165, 1.54) is 0 Å². The van der Waals surface area contributed by atoms with E-state index in [2.05, 4.69) is 10.1 Å². The molecule has 5 heteroatoms. The quantitative estimate of drug-likeness (QED) is 0.876. The van der Waals surface area contributed by atoms with E-state index in [4.69, 9.17) is 10.5 Å². The van der Waals surface area contributed by atoms with E-state index in [0.29, 0.717) is 11.6 Å². The van der Waals surface area contributed by atoms with E-state index >= 15 is 0 Å². The summed E-state index contributed by atoms with van der Waals surface area (Å²) < 4.78 is 7.07. The molecule has 0 aliphatic carbocycles. The van der Waals surface area contributed by atoms with Gasteiger partial charge in [0.2, 0.25) is 5.88 Å². The lowest BCUT2D eigenvalue weighted by molar-refractivity contribution is 0.383. The van der Waals surface area contributed by atoms with Crippen LogP contribution in [0.3, 0.4) is 0 Å². The highest BCUT2D eigenvalue weighted by Gasteiger charge is 2.15. The van der Waals surface area contributed by atoms with Crippen molar-refractivity contribution in [3.8, 4) is 5.88 Å². The molecule has 0 saturated heterocycles. The minimum absolute atomic E-state index is 0.0367. The molecule has 5 nitrogen and oxygen atoms in total. The Kier molecular flexibility index (Phi) is 2.99. The van der Waals surface area contributed by atoms with Gasteiger partial charge in [0.1, 0.15) is 0 Å². The number of nitrogens with two attached hydrogens (primary N) is 1. The Morgan fingerprint density at radius 2 is 2.18 bits per heavy atom. The largest absolute Gasteiger partial charge is 0.481 e. The number of rotatable bonds is 3. The summed E-state index contributed by atoms with van der Waals surface area (Å²) in [5, 5.41) is 4.21. The molecule has 2 rings (SSSR count). The van der Waals surface area contributed by atoms with Gasteiger partial charge in [0.25, 0.3) is 0 Å². The van der Waals surface area contributed by atoms with Crippen molar-refractivity contribution in [2.24, 2.45) is 0 Å².